The van der Waals surface area contributed by atoms with Crippen LogP contribution in [0, 0.1) is 0 Å². The molecule has 1 aliphatic heterocycles. The number of ketones is 1. The number of carbonyl (C=O) groups excluding carboxylic acids is 1. The van der Waals surface area contributed by atoms with Crippen LogP contribution in [0.5, 0.6) is 5.75 Å². The Morgan fingerprint density at radius 3 is 2.86 bits per heavy atom. The average Bonchev–Trinajstić information content (AvgIpc) is 3.20. The second-order valence-electron chi connectivity index (χ2n) is 7.21. The van der Waals surface area contributed by atoms with Crippen LogP contribution in [-0.4, -0.2) is 20.5 Å². The van der Waals surface area contributed by atoms with E-state index in [0.29, 0.717) is 24.0 Å². The molecule has 1 N–H and O–H groups in total. The maximum absolute atomic E-state index is 12.7. The molecule has 0 bridgehead atoms. The van der Waals surface area contributed by atoms with Gasteiger partial charge >= 0.3 is 0 Å². The van der Waals surface area contributed by atoms with Crippen LogP contribution in [0.1, 0.15) is 36.4 Å². The number of hydrogen-bond acceptors (Lipinski definition) is 5. The first-order chi connectivity index (χ1) is 14.2. The van der Waals surface area contributed by atoms with Crippen molar-refractivity contribution in [1.29, 1.82) is 0 Å². The molecule has 3 aromatic rings. The molecule has 0 saturated carbocycles. The third-order valence-electron chi connectivity index (χ3n) is 5.30. The van der Waals surface area contributed by atoms with E-state index in [0.717, 1.165) is 41.0 Å². The number of hydrogen-bond donors (Lipinski definition) is 1. The number of anilines is 1. The lowest BCUT2D eigenvalue weighted by molar-refractivity contribution is -0.116. The van der Waals surface area contributed by atoms with Crippen LogP contribution in [0.25, 0.3) is 0 Å². The smallest absolute Gasteiger partial charge is 0.226 e. The zero-order valence-corrected chi connectivity index (χ0v) is 16.4. The average molecular weight is 407 g/mol. The molecular formula is C22H19ClN4O2. The molecule has 146 valence electrons. The van der Waals surface area contributed by atoms with Crippen LogP contribution in [-0.2, 0) is 11.4 Å². The molecule has 0 amide bonds. The van der Waals surface area contributed by atoms with Gasteiger partial charge in [0.1, 0.15) is 24.7 Å². The molecule has 1 unspecified atom stereocenters. The Labute approximate surface area is 173 Å². The molecule has 2 aliphatic rings. The predicted molar refractivity (Wildman–Crippen MR) is 110 cm³/mol. The second kappa shape index (κ2) is 7.37. The number of aromatic nitrogens is 3. The highest BCUT2D eigenvalue weighted by molar-refractivity contribution is 6.30. The van der Waals surface area contributed by atoms with Crippen molar-refractivity contribution in [3.05, 3.63) is 82.3 Å². The van der Waals surface area contributed by atoms with E-state index < -0.39 is 0 Å². The fraction of sp³-hybridized carbons (Fsp3) is 0.227. The van der Waals surface area contributed by atoms with E-state index in [-0.39, 0.29) is 11.8 Å². The van der Waals surface area contributed by atoms with Gasteiger partial charge in [0.2, 0.25) is 5.95 Å². The van der Waals surface area contributed by atoms with Gasteiger partial charge in [-0.25, -0.2) is 4.68 Å². The van der Waals surface area contributed by atoms with Gasteiger partial charge < -0.3 is 10.1 Å². The summed E-state index contributed by atoms with van der Waals surface area (Å²) in [7, 11) is 0. The lowest BCUT2D eigenvalue weighted by Gasteiger charge is -2.32. The summed E-state index contributed by atoms with van der Waals surface area (Å²) < 4.78 is 7.67. The number of nitrogens with zero attached hydrogens (tertiary/aromatic N) is 3. The molecule has 1 atom stereocenters. The lowest BCUT2D eigenvalue weighted by atomic mass is 9.85. The van der Waals surface area contributed by atoms with Gasteiger partial charge in [-0.1, -0.05) is 35.9 Å². The van der Waals surface area contributed by atoms with Crippen molar-refractivity contribution < 1.29 is 9.53 Å². The van der Waals surface area contributed by atoms with Crippen molar-refractivity contribution in [2.75, 3.05) is 5.32 Å². The standard InChI is InChI=1S/C22H19ClN4O2/c23-16-4-1-3-14(11-16)12-29-17-9-7-15(8-10-17)21-20-18(5-2-6-19(20)28)26-22-24-13-25-27(21)22/h1,3-4,7-11,13,21H,2,5-6,12H2,(H,24,25,26). The quantitative estimate of drug-likeness (QED) is 0.689. The summed E-state index contributed by atoms with van der Waals surface area (Å²) in [6, 6.07) is 15.2. The van der Waals surface area contributed by atoms with E-state index in [1.807, 2.05) is 48.5 Å². The highest BCUT2D eigenvalue weighted by Crippen LogP contribution is 2.39. The molecule has 0 fully saturated rings. The van der Waals surface area contributed by atoms with E-state index >= 15 is 0 Å². The number of carbonyl (C=O) groups is 1. The Hall–Kier alpha value is -3.12. The molecule has 29 heavy (non-hydrogen) atoms. The SMILES string of the molecule is O=C1CCCC2=C1C(c1ccc(OCc3cccc(Cl)c3)cc1)n1ncnc1N2. The lowest BCUT2D eigenvalue weighted by Crippen LogP contribution is -2.31. The van der Waals surface area contributed by atoms with Gasteiger partial charge in [-0.3, -0.25) is 4.79 Å². The van der Waals surface area contributed by atoms with Gasteiger partial charge in [-0.2, -0.15) is 10.1 Å². The topological polar surface area (TPSA) is 69.0 Å². The third-order valence-corrected chi connectivity index (χ3v) is 5.54. The molecule has 1 aliphatic carbocycles. The number of allylic oxidation sites excluding steroid dienone is 2. The molecule has 6 nitrogen and oxygen atoms in total. The van der Waals surface area contributed by atoms with Crippen LogP contribution in [0.3, 0.4) is 0 Å². The van der Waals surface area contributed by atoms with Crippen molar-refractivity contribution in [2.24, 2.45) is 0 Å². The maximum Gasteiger partial charge on any atom is 0.226 e. The predicted octanol–water partition coefficient (Wildman–Crippen LogP) is 4.53. The molecule has 1 aromatic heterocycles. The maximum atomic E-state index is 12.7. The fourth-order valence-electron chi connectivity index (χ4n) is 3.94. The summed E-state index contributed by atoms with van der Waals surface area (Å²) in [5.41, 5.74) is 3.75. The van der Waals surface area contributed by atoms with Gasteiger partial charge in [0.15, 0.2) is 5.78 Å². The molecule has 5 rings (SSSR count). The van der Waals surface area contributed by atoms with Crippen molar-refractivity contribution in [3.63, 3.8) is 0 Å². The van der Waals surface area contributed by atoms with E-state index in [2.05, 4.69) is 15.4 Å². The van der Waals surface area contributed by atoms with Crippen LogP contribution in [0.4, 0.5) is 5.95 Å². The van der Waals surface area contributed by atoms with Crippen LogP contribution in [0.2, 0.25) is 5.02 Å². The zero-order valence-electron chi connectivity index (χ0n) is 15.6. The van der Waals surface area contributed by atoms with Crippen molar-refractivity contribution in [2.45, 2.75) is 31.9 Å². The Bertz CT molecular complexity index is 1100. The Morgan fingerprint density at radius 2 is 2.03 bits per heavy atom. The van der Waals surface area contributed by atoms with Crippen molar-refractivity contribution in [1.82, 2.24) is 14.8 Å². The molecule has 2 aromatic carbocycles. The first kappa shape index (κ1) is 17.9. The third kappa shape index (κ3) is 3.40. The fourth-order valence-corrected chi connectivity index (χ4v) is 4.16. The van der Waals surface area contributed by atoms with Gasteiger partial charge in [0.05, 0.1) is 0 Å². The summed E-state index contributed by atoms with van der Waals surface area (Å²) in [6.07, 6.45) is 3.80. The Balaban J connectivity index is 1.42. The molecular weight excluding hydrogens is 388 g/mol. The molecule has 7 heteroatoms. The zero-order chi connectivity index (χ0) is 19.8. The van der Waals surface area contributed by atoms with Crippen molar-refractivity contribution in [3.8, 4) is 5.75 Å². The number of halogens is 1. The van der Waals surface area contributed by atoms with Crippen LogP contribution >= 0.6 is 11.6 Å². The summed E-state index contributed by atoms with van der Waals surface area (Å²) in [4.78, 5) is 17.0. The highest BCUT2D eigenvalue weighted by Gasteiger charge is 2.35. The van der Waals surface area contributed by atoms with Crippen molar-refractivity contribution >= 4 is 23.3 Å². The second-order valence-corrected chi connectivity index (χ2v) is 7.65. The number of Topliss-reactive ketones (excluding diaryl/α,β-unsaturated/α-hetero) is 1. The minimum atomic E-state index is -0.265. The summed E-state index contributed by atoms with van der Waals surface area (Å²) in [5.74, 6) is 1.60. The number of fused-ring (bicyclic) bond motifs is 1. The summed E-state index contributed by atoms with van der Waals surface area (Å²) >= 11 is 6.03. The van der Waals surface area contributed by atoms with E-state index in [1.54, 1.807) is 4.68 Å². The number of rotatable bonds is 4. The number of benzene rings is 2. The van der Waals surface area contributed by atoms with Gasteiger partial charge in [0.25, 0.3) is 0 Å². The molecule has 0 radical (unpaired) electrons. The minimum absolute atomic E-state index is 0.172. The number of nitrogens with one attached hydrogen (secondary N) is 1. The van der Waals surface area contributed by atoms with Gasteiger partial charge in [0, 0.05) is 22.7 Å². The largest absolute Gasteiger partial charge is 0.489 e. The van der Waals surface area contributed by atoms with E-state index in [9.17, 15) is 4.79 Å². The summed E-state index contributed by atoms with van der Waals surface area (Å²) in [6.45, 7) is 0.439. The first-order valence-corrected chi connectivity index (χ1v) is 9.97. The molecule has 0 saturated heterocycles. The van der Waals surface area contributed by atoms with E-state index in [1.165, 1.54) is 6.33 Å². The van der Waals surface area contributed by atoms with Gasteiger partial charge in [-0.15, -0.1) is 0 Å². The molecule has 2 heterocycles. The normalized spacial score (nSPS) is 18.1. The summed E-state index contributed by atoms with van der Waals surface area (Å²) in [5, 5.41) is 8.33. The van der Waals surface area contributed by atoms with Gasteiger partial charge in [-0.05, 0) is 48.2 Å². The van der Waals surface area contributed by atoms with E-state index in [4.69, 9.17) is 16.3 Å². The Morgan fingerprint density at radius 1 is 1.17 bits per heavy atom. The monoisotopic (exact) mass is 406 g/mol. The van der Waals surface area contributed by atoms with Crippen LogP contribution < -0.4 is 10.1 Å². The Kier molecular flexibility index (Phi) is 4.56. The van der Waals surface area contributed by atoms with Crippen LogP contribution in [0.15, 0.2) is 66.1 Å². The minimum Gasteiger partial charge on any atom is -0.489 e. The molecule has 0 spiro atoms. The first-order valence-electron chi connectivity index (χ1n) is 9.59. The highest BCUT2D eigenvalue weighted by atomic mass is 35.5. The number of ether oxygens (including phenoxy) is 1.